The van der Waals surface area contributed by atoms with Crippen molar-refractivity contribution in [2.24, 2.45) is 11.8 Å². The summed E-state index contributed by atoms with van der Waals surface area (Å²) >= 11 is 0. The van der Waals surface area contributed by atoms with Gasteiger partial charge in [0.2, 0.25) is 6.29 Å². The molecule has 1 amide bonds. The summed E-state index contributed by atoms with van der Waals surface area (Å²) in [5.74, 6) is -1.57. The Balaban J connectivity index is 1.41. The highest BCUT2D eigenvalue weighted by atomic mass is 16.8. The van der Waals surface area contributed by atoms with Crippen molar-refractivity contribution in [1.82, 2.24) is 4.90 Å². The van der Waals surface area contributed by atoms with Gasteiger partial charge < -0.3 is 49.7 Å². The Hall–Kier alpha value is -2.67. The van der Waals surface area contributed by atoms with Crippen LogP contribution in [0.2, 0.25) is 0 Å². The lowest BCUT2D eigenvalue weighted by Gasteiger charge is -2.48. The molecule has 0 radical (unpaired) electrons. The highest BCUT2D eigenvalue weighted by Gasteiger charge is 2.50. The summed E-state index contributed by atoms with van der Waals surface area (Å²) in [5, 5.41) is 59.9. The molecule has 0 aliphatic carbocycles. The average molecular weight is 491 g/mol. The fourth-order valence-electron chi connectivity index (χ4n) is 5.55. The second-order valence-corrected chi connectivity index (χ2v) is 9.37. The molecule has 190 valence electrons. The minimum absolute atomic E-state index is 0.206. The number of hydrogen-bond donors (Lipinski definition) is 6. The van der Waals surface area contributed by atoms with E-state index in [0.717, 1.165) is 11.1 Å². The Morgan fingerprint density at radius 3 is 2.57 bits per heavy atom. The normalized spacial score (nSPS) is 38.5. The SMILES string of the molecule is C=C[C@@H]1[C@H](O[C@@H]2O[C@H](CO)[C@@H](O)[C@H](O)[C@H]2O)OC=C2C(=O)N3CCc4cc(O)c(O)cc4[C@@H]3C[C@H]21. The highest BCUT2D eigenvalue weighted by Crippen LogP contribution is 2.49. The second kappa shape index (κ2) is 9.08. The molecular weight excluding hydrogens is 462 g/mol. The summed E-state index contributed by atoms with van der Waals surface area (Å²) in [5.41, 5.74) is 2.07. The zero-order chi connectivity index (χ0) is 25.0. The first-order valence-electron chi connectivity index (χ1n) is 11.5. The van der Waals surface area contributed by atoms with Gasteiger partial charge in [-0.1, -0.05) is 6.08 Å². The minimum atomic E-state index is -1.60. The van der Waals surface area contributed by atoms with Crippen LogP contribution in [0, 0.1) is 11.8 Å². The maximum atomic E-state index is 13.4. The van der Waals surface area contributed by atoms with Gasteiger partial charge in [-0.3, -0.25) is 4.79 Å². The number of aliphatic hydroxyl groups excluding tert-OH is 4. The van der Waals surface area contributed by atoms with Crippen LogP contribution in [0.1, 0.15) is 23.6 Å². The molecule has 4 heterocycles. The Morgan fingerprint density at radius 1 is 1.11 bits per heavy atom. The number of carbonyl (C=O) groups excluding carboxylic acids is 1. The van der Waals surface area contributed by atoms with E-state index >= 15 is 0 Å². The van der Waals surface area contributed by atoms with Gasteiger partial charge in [0.15, 0.2) is 17.8 Å². The number of amides is 1. The zero-order valence-corrected chi connectivity index (χ0v) is 18.8. The average Bonchev–Trinajstić information content (AvgIpc) is 2.85. The summed E-state index contributed by atoms with van der Waals surface area (Å²) in [6.45, 7) is 3.73. The Labute approximate surface area is 201 Å². The predicted molar refractivity (Wildman–Crippen MR) is 118 cm³/mol. The molecule has 5 rings (SSSR count). The van der Waals surface area contributed by atoms with Gasteiger partial charge in [0.1, 0.15) is 24.4 Å². The number of phenols is 2. The Morgan fingerprint density at radius 2 is 1.86 bits per heavy atom. The number of piperidine rings is 1. The number of benzene rings is 1. The molecule has 0 unspecified atom stereocenters. The van der Waals surface area contributed by atoms with Crippen molar-refractivity contribution in [3.8, 4) is 11.5 Å². The Kier molecular flexibility index (Phi) is 6.24. The van der Waals surface area contributed by atoms with Gasteiger partial charge in [-0.25, -0.2) is 0 Å². The molecule has 1 aromatic carbocycles. The van der Waals surface area contributed by atoms with Crippen molar-refractivity contribution in [1.29, 1.82) is 0 Å². The molecule has 2 saturated heterocycles. The molecule has 1 aromatic rings. The predicted octanol–water partition coefficient (Wildman–Crippen LogP) is -0.598. The number of carbonyl (C=O) groups is 1. The van der Waals surface area contributed by atoms with Crippen molar-refractivity contribution < 1.29 is 49.6 Å². The van der Waals surface area contributed by atoms with E-state index < -0.39 is 49.5 Å². The van der Waals surface area contributed by atoms with E-state index in [1.165, 1.54) is 18.4 Å². The molecule has 6 N–H and O–H groups in total. The van der Waals surface area contributed by atoms with E-state index in [4.69, 9.17) is 14.2 Å². The van der Waals surface area contributed by atoms with Crippen LogP contribution in [-0.4, -0.2) is 91.6 Å². The second-order valence-electron chi connectivity index (χ2n) is 9.37. The van der Waals surface area contributed by atoms with Crippen LogP contribution < -0.4 is 0 Å². The van der Waals surface area contributed by atoms with Gasteiger partial charge in [0.25, 0.3) is 5.91 Å². The molecule has 9 atom stereocenters. The third-order valence-electron chi connectivity index (χ3n) is 7.48. The molecule has 4 aliphatic rings. The zero-order valence-electron chi connectivity index (χ0n) is 18.8. The van der Waals surface area contributed by atoms with Crippen LogP contribution >= 0.6 is 0 Å². The number of rotatable bonds is 4. The van der Waals surface area contributed by atoms with E-state index in [1.54, 1.807) is 11.0 Å². The maximum Gasteiger partial charge on any atom is 0.253 e. The van der Waals surface area contributed by atoms with Crippen LogP contribution in [0.25, 0.3) is 0 Å². The maximum absolute atomic E-state index is 13.4. The molecule has 11 heteroatoms. The van der Waals surface area contributed by atoms with Crippen molar-refractivity contribution in [2.45, 2.75) is 55.9 Å². The Bertz CT molecular complexity index is 1040. The molecule has 0 aromatic heterocycles. The van der Waals surface area contributed by atoms with E-state index in [0.29, 0.717) is 25.0 Å². The van der Waals surface area contributed by atoms with Gasteiger partial charge in [0.05, 0.1) is 24.5 Å². The van der Waals surface area contributed by atoms with Gasteiger partial charge >= 0.3 is 0 Å². The quantitative estimate of drug-likeness (QED) is 0.236. The molecule has 35 heavy (non-hydrogen) atoms. The van der Waals surface area contributed by atoms with Gasteiger partial charge in [-0.2, -0.15) is 0 Å². The van der Waals surface area contributed by atoms with Crippen molar-refractivity contribution >= 4 is 5.91 Å². The van der Waals surface area contributed by atoms with Crippen LogP contribution in [0.3, 0.4) is 0 Å². The monoisotopic (exact) mass is 491 g/mol. The minimum Gasteiger partial charge on any atom is -0.504 e. The lowest BCUT2D eigenvalue weighted by molar-refractivity contribution is -0.339. The fraction of sp³-hybridized carbons (Fsp3) is 0.542. The lowest BCUT2D eigenvalue weighted by atomic mass is 9.73. The number of aliphatic hydroxyl groups is 4. The third-order valence-corrected chi connectivity index (χ3v) is 7.48. The lowest BCUT2D eigenvalue weighted by Crippen LogP contribution is -2.60. The van der Waals surface area contributed by atoms with Crippen LogP contribution in [-0.2, 0) is 25.4 Å². The molecule has 11 nitrogen and oxygen atoms in total. The third kappa shape index (κ3) is 3.88. The fourth-order valence-corrected chi connectivity index (χ4v) is 5.55. The van der Waals surface area contributed by atoms with Gasteiger partial charge in [0, 0.05) is 18.4 Å². The molecule has 0 bridgehead atoms. The number of phenolic OH excluding ortho intramolecular Hbond substituents is 2. The number of fused-ring (bicyclic) bond motifs is 4. The molecule has 0 saturated carbocycles. The van der Waals surface area contributed by atoms with E-state index in [2.05, 4.69) is 6.58 Å². The van der Waals surface area contributed by atoms with Crippen LogP contribution in [0.5, 0.6) is 11.5 Å². The summed E-state index contributed by atoms with van der Waals surface area (Å²) in [6.07, 6.45) is -4.35. The first-order valence-corrected chi connectivity index (χ1v) is 11.5. The molecular formula is C24H29NO10. The van der Waals surface area contributed by atoms with Gasteiger partial charge in [-0.15, -0.1) is 6.58 Å². The summed E-state index contributed by atoms with van der Waals surface area (Å²) in [7, 11) is 0. The van der Waals surface area contributed by atoms with Crippen molar-refractivity contribution in [3.63, 3.8) is 0 Å². The first kappa shape index (κ1) is 24.0. The number of nitrogens with zero attached hydrogens (tertiary/aromatic N) is 1. The van der Waals surface area contributed by atoms with Crippen molar-refractivity contribution in [3.05, 3.63) is 47.7 Å². The largest absolute Gasteiger partial charge is 0.504 e. The summed E-state index contributed by atoms with van der Waals surface area (Å²) in [6, 6.07) is 2.68. The van der Waals surface area contributed by atoms with Crippen LogP contribution in [0.15, 0.2) is 36.6 Å². The van der Waals surface area contributed by atoms with Crippen molar-refractivity contribution in [2.75, 3.05) is 13.2 Å². The number of ether oxygens (including phenoxy) is 3. The first-order chi connectivity index (χ1) is 16.7. The van der Waals surface area contributed by atoms with Crippen LogP contribution in [0.4, 0.5) is 0 Å². The summed E-state index contributed by atoms with van der Waals surface area (Å²) in [4.78, 5) is 15.1. The van der Waals surface area contributed by atoms with E-state index in [9.17, 15) is 35.4 Å². The summed E-state index contributed by atoms with van der Waals surface area (Å²) < 4.78 is 17.0. The molecule has 0 spiro atoms. The highest BCUT2D eigenvalue weighted by molar-refractivity contribution is 5.95. The number of aromatic hydroxyl groups is 2. The van der Waals surface area contributed by atoms with E-state index in [1.807, 2.05) is 0 Å². The number of hydrogen-bond acceptors (Lipinski definition) is 10. The standard InChI is InChI=1S/C24H29NO10/c1-2-11-13-6-15-12-7-17(28)16(27)5-10(12)3-4-25(15)22(32)14(13)9-33-23(11)35-24-21(31)20(30)19(29)18(8-26)34-24/h2,5,7,9,11,13,15,18-21,23-24,26-31H,1,3-4,6,8H2/t11-,13-,15-,18+,19+,20-,21+,23-,24-/m0/s1. The van der Waals surface area contributed by atoms with E-state index in [-0.39, 0.29) is 29.4 Å². The molecule has 2 fully saturated rings. The molecule has 4 aliphatic heterocycles. The topological polar surface area (TPSA) is 169 Å². The van der Waals surface area contributed by atoms with Gasteiger partial charge in [-0.05, 0) is 36.1 Å². The smallest absolute Gasteiger partial charge is 0.253 e.